The van der Waals surface area contributed by atoms with Crippen LogP contribution in [0.1, 0.15) is 25.0 Å². The number of benzene rings is 6. The van der Waals surface area contributed by atoms with Gasteiger partial charge in [0.15, 0.2) is 0 Å². The van der Waals surface area contributed by atoms with E-state index in [1.807, 2.05) is 18.5 Å². The molecule has 184 valence electrons. The van der Waals surface area contributed by atoms with Crippen molar-refractivity contribution in [2.75, 3.05) is 0 Å². The van der Waals surface area contributed by atoms with Crippen molar-refractivity contribution < 1.29 is 0 Å². The van der Waals surface area contributed by atoms with Gasteiger partial charge in [0, 0.05) is 23.4 Å². The van der Waals surface area contributed by atoms with E-state index in [9.17, 15) is 0 Å². The first-order valence-electron chi connectivity index (χ1n) is 13.6. The molecule has 6 aromatic carbocycles. The molecule has 0 bridgehead atoms. The average molecular weight is 498 g/mol. The summed E-state index contributed by atoms with van der Waals surface area (Å²) < 4.78 is 0. The van der Waals surface area contributed by atoms with Gasteiger partial charge in [0.2, 0.25) is 0 Å². The molecule has 8 rings (SSSR count). The third kappa shape index (κ3) is 3.05. The predicted molar refractivity (Wildman–Crippen MR) is 165 cm³/mol. The molecule has 0 amide bonds. The Morgan fingerprint density at radius 2 is 1.05 bits per heavy atom. The molecule has 0 N–H and O–H groups in total. The van der Waals surface area contributed by atoms with Crippen LogP contribution in [0.25, 0.3) is 65.7 Å². The number of pyridine rings is 1. The molecule has 1 heteroatoms. The van der Waals surface area contributed by atoms with Gasteiger partial charge in [-0.2, -0.15) is 0 Å². The highest BCUT2D eigenvalue weighted by atomic mass is 14.6. The molecule has 1 aliphatic rings. The Balaban J connectivity index is 1.54. The van der Waals surface area contributed by atoms with Crippen molar-refractivity contribution in [1.29, 1.82) is 0 Å². The smallest absolute Gasteiger partial charge is 0.0346 e. The molecular weight excluding hydrogens is 470 g/mol. The summed E-state index contributed by atoms with van der Waals surface area (Å²) in [7, 11) is 0. The van der Waals surface area contributed by atoms with E-state index in [0.717, 1.165) is 5.56 Å². The number of aromatic nitrogens is 1. The van der Waals surface area contributed by atoms with E-state index in [1.54, 1.807) is 0 Å². The number of hydrogen-bond donors (Lipinski definition) is 0. The Morgan fingerprint density at radius 1 is 0.462 bits per heavy atom. The van der Waals surface area contributed by atoms with Gasteiger partial charge >= 0.3 is 0 Å². The van der Waals surface area contributed by atoms with Gasteiger partial charge in [-0.05, 0) is 77.3 Å². The van der Waals surface area contributed by atoms with E-state index in [1.165, 1.54) is 71.3 Å². The molecule has 1 heterocycles. The first-order valence-corrected chi connectivity index (χ1v) is 13.6. The van der Waals surface area contributed by atoms with Crippen LogP contribution in [0.2, 0.25) is 0 Å². The van der Waals surface area contributed by atoms with Crippen LogP contribution >= 0.6 is 0 Å². The lowest BCUT2D eigenvalue weighted by Crippen LogP contribution is -2.23. The van der Waals surface area contributed by atoms with Gasteiger partial charge in [0.05, 0.1) is 0 Å². The zero-order valence-corrected chi connectivity index (χ0v) is 22.1. The summed E-state index contributed by atoms with van der Waals surface area (Å²) in [5, 5.41) is 7.74. The van der Waals surface area contributed by atoms with Gasteiger partial charge in [0.1, 0.15) is 0 Å². The van der Waals surface area contributed by atoms with Crippen LogP contribution in [0, 0.1) is 0 Å². The van der Waals surface area contributed by atoms with Gasteiger partial charge in [-0.15, -0.1) is 0 Å². The Hall–Kier alpha value is -4.75. The maximum absolute atomic E-state index is 4.46. The minimum Gasteiger partial charge on any atom is -0.264 e. The van der Waals surface area contributed by atoms with Crippen LogP contribution in [-0.2, 0) is 5.41 Å². The minimum atomic E-state index is -0.0734. The van der Waals surface area contributed by atoms with Crippen molar-refractivity contribution in [3.05, 3.63) is 139 Å². The number of fused-ring (bicyclic) bond motifs is 4. The minimum absolute atomic E-state index is 0.0734. The van der Waals surface area contributed by atoms with Gasteiger partial charge in [0.25, 0.3) is 0 Å². The average Bonchev–Trinajstić information content (AvgIpc) is 2.99. The number of rotatable bonds is 2. The third-order valence-corrected chi connectivity index (χ3v) is 8.76. The summed E-state index contributed by atoms with van der Waals surface area (Å²) in [5.74, 6) is 0. The SMILES string of the molecule is CC1(C)c2ccccc2-c2ccc(-c3c4ccccc4c(-c4cccnc4)c4ccccc34)c3cccc1c23. The Bertz CT molecular complexity index is 2030. The van der Waals surface area contributed by atoms with E-state index < -0.39 is 0 Å². The molecule has 0 radical (unpaired) electrons. The quantitative estimate of drug-likeness (QED) is 0.217. The summed E-state index contributed by atoms with van der Waals surface area (Å²) in [6, 6.07) is 42.4. The fraction of sp³-hybridized carbons (Fsp3) is 0.0789. The monoisotopic (exact) mass is 497 g/mol. The summed E-state index contributed by atoms with van der Waals surface area (Å²) in [4.78, 5) is 4.46. The fourth-order valence-corrected chi connectivity index (χ4v) is 7.02. The largest absolute Gasteiger partial charge is 0.264 e. The summed E-state index contributed by atoms with van der Waals surface area (Å²) in [6.07, 6.45) is 3.83. The molecule has 0 unspecified atom stereocenters. The van der Waals surface area contributed by atoms with Crippen molar-refractivity contribution >= 4 is 32.3 Å². The van der Waals surface area contributed by atoms with E-state index in [4.69, 9.17) is 0 Å². The van der Waals surface area contributed by atoms with Crippen LogP contribution in [0.3, 0.4) is 0 Å². The number of nitrogens with zero attached hydrogens (tertiary/aromatic N) is 1. The first kappa shape index (κ1) is 22.3. The van der Waals surface area contributed by atoms with Crippen LogP contribution in [0.15, 0.2) is 128 Å². The lowest BCUT2D eigenvalue weighted by molar-refractivity contribution is 0.645. The molecule has 0 saturated heterocycles. The highest BCUT2D eigenvalue weighted by molar-refractivity contribution is 6.24. The van der Waals surface area contributed by atoms with E-state index in [-0.39, 0.29) is 5.41 Å². The van der Waals surface area contributed by atoms with E-state index in [0.29, 0.717) is 0 Å². The fourth-order valence-electron chi connectivity index (χ4n) is 7.02. The molecular formula is C38H27N. The van der Waals surface area contributed by atoms with Gasteiger partial charge in [-0.1, -0.05) is 123 Å². The second-order valence-electron chi connectivity index (χ2n) is 11.1. The van der Waals surface area contributed by atoms with Crippen LogP contribution in [0.4, 0.5) is 0 Å². The molecule has 0 saturated carbocycles. The van der Waals surface area contributed by atoms with E-state index >= 15 is 0 Å². The van der Waals surface area contributed by atoms with Crippen molar-refractivity contribution in [3.8, 4) is 33.4 Å². The summed E-state index contributed by atoms with van der Waals surface area (Å²) >= 11 is 0. The van der Waals surface area contributed by atoms with Crippen molar-refractivity contribution in [1.82, 2.24) is 4.98 Å². The molecule has 0 atom stereocenters. The molecule has 0 spiro atoms. The normalized spacial score (nSPS) is 13.6. The Morgan fingerprint density at radius 3 is 1.74 bits per heavy atom. The Kier molecular flexibility index (Phi) is 4.63. The lowest BCUT2D eigenvalue weighted by Gasteiger charge is -2.35. The topological polar surface area (TPSA) is 12.9 Å². The zero-order valence-electron chi connectivity index (χ0n) is 22.1. The van der Waals surface area contributed by atoms with Crippen LogP contribution < -0.4 is 0 Å². The summed E-state index contributed by atoms with van der Waals surface area (Å²) in [5.41, 5.74) is 10.4. The lowest BCUT2D eigenvalue weighted by atomic mass is 9.68. The van der Waals surface area contributed by atoms with Crippen molar-refractivity contribution in [2.24, 2.45) is 0 Å². The number of hydrogen-bond acceptors (Lipinski definition) is 1. The molecule has 0 aliphatic heterocycles. The highest BCUT2D eigenvalue weighted by Crippen LogP contribution is 2.52. The van der Waals surface area contributed by atoms with Crippen molar-refractivity contribution in [3.63, 3.8) is 0 Å². The van der Waals surface area contributed by atoms with Gasteiger partial charge in [-0.3, -0.25) is 4.98 Å². The Labute approximate surface area is 228 Å². The molecule has 7 aromatic rings. The van der Waals surface area contributed by atoms with Gasteiger partial charge < -0.3 is 0 Å². The highest BCUT2D eigenvalue weighted by Gasteiger charge is 2.33. The van der Waals surface area contributed by atoms with Crippen LogP contribution in [-0.4, -0.2) is 4.98 Å². The van der Waals surface area contributed by atoms with Gasteiger partial charge in [-0.25, -0.2) is 0 Å². The van der Waals surface area contributed by atoms with Crippen molar-refractivity contribution in [2.45, 2.75) is 19.3 Å². The second-order valence-corrected chi connectivity index (χ2v) is 11.1. The third-order valence-electron chi connectivity index (χ3n) is 8.76. The maximum Gasteiger partial charge on any atom is 0.0346 e. The summed E-state index contributed by atoms with van der Waals surface area (Å²) in [6.45, 7) is 4.73. The maximum atomic E-state index is 4.46. The van der Waals surface area contributed by atoms with Crippen LogP contribution in [0.5, 0.6) is 0 Å². The second kappa shape index (κ2) is 8.12. The molecule has 0 fully saturated rings. The molecule has 1 aliphatic carbocycles. The zero-order chi connectivity index (χ0) is 26.1. The standard InChI is InChI=1S/C38H27N/c1-38(2)33-18-8-7-12-25(33)31-20-21-32(30-17-9-19-34(38)37(30)31)36-28-15-5-3-13-26(28)35(24-11-10-22-39-23-24)27-14-4-6-16-29(27)36/h3-23H,1-2H3. The first-order chi connectivity index (χ1) is 19.1. The molecule has 39 heavy (non-hydrogen) atoms. The van der Waals surface area contributed by atoms with E-state index in [2.05, 4.69) is 128 Å². The molecule has 1 aromatic heterocycles. The molecule has 1 nitrogen and oxygen atoms in total. The predicted octanol–water partition coefficient (Wildman–Crippen LogP) is 10.2.